The van der Waals surface area contributed by atoms with Crippen molar-refractivity contribution in [1.29, 1.82) is 0 Å². The van der Waals surface area contributed by atoms with Gasteiger partial charge in [0.15, 0.2) is 0 Å². The molecule has 0 aliphatic rings. The van der Waals surface area contributed by atoms with E-state index in [-0.39, 0.29) is 17.7 Å². The van der Waals surface area contributed by atoms with E-state index in [2.05, 4.69) is 15.9 Å². The van der Waals surface area contributed by atoms with Crippen molar-refractivity contribution in [3.05, 3.63) is 69.0 Å². The van der Waals surface area contributed by atoms with Crippen molar-refractivity contribution in [2.24, 2.45) is 5.73 Å². The molecular formula is C16H12BrF2NS. The predicted molar refractivity (Wildman–Crippen MR) is 86.5 cm³/mol. The fraction of sp³-hybridized carbons (Fsp3) is 0.125. The first-order chi connectivity index (χ1) is 10.0. The molecule has 0 amide bonds. The lowest BCUT2D eigenvalue weighted by Crippen LogP contribution is -2.11. The summed E-state index contributed by atoms with van der Waals surface area (Å²) in [4.78, 5) is 0.996. The fourth-order valence-corrected chi connectivity index (χ4v) is 3.75. The molecule has 1 nitrogen and oxygen atoms in total. The first-order valence-corrected chi connectivity index (χ1v) is 8.02. The quantitative estimate of drug-likeness (QED) is 0.677. The van der Waals surface area contributed by atoms with Crippen molar-refractivity contribution in [3.8, 4) is 0 Å². The highest BCUT2D eigenvalue weighted by molar-refractivity contribution is 9.10. The Balaban J connectivity index is 1.85. The van der Waals surface area contributed by atoms with Crippen LogP contribution in [0, 0.1) is 11.6 Å². The molecule has 0 aliphatic heterocycles. The summed E-state index contributed by atoms with van der Waals surface area (Å²) >= 11 is 4.67. The molecule has 0 radical (unpaired) electrons. The van der Waals surface area contributed by atoms with E-state index in [1.807, 2.05) is 6.07 Å². The van der Waals surface area contributed by atoms with Crippen LogP contribution >= 0.6 is 27.3 Å². The highest BCUT2D eigenvalue weighted by Crippen LogP contribution is 2.31. The molecule has 3 aromatic rings. The summed E-state index contributed by atoms with van der Waals surface area (Å²) in [6, 6.07) is 11.4. The number of thiophene rings is 1. The van der Waals surface area contributed by atoms with Crippen molar-refractivity contribution in [2.45, 2.75) is 12.5 Å². The maximum atomic E-state index is 13.2. The number of nitrogens with two attached hydrogens (primary N) is 1. The first-order valence-electron chi connectivity index (χ1n) is 6.41. The molecule has 0 saturated heterocycles. The summed E-state index contributed by atoms with van der Waals surface area (Å²) in [5.41, 5.74) is 7.18. The monoisotopic (exact) mass is 367 g/mol. The van der Waals surface area contributed by atoms with Gasteiger partial charge in [-0.25, -0.2) is 8.78 Å². The van der Waals surface area contributed by atoms with Crippen molar-refractivity contribution < 1.29 is 8.78 Å². The average molecular weight is 368 g/mol. The van der Waals surface area contributed by atoms with Crippen LogP contribution in [-0.4, -0.2) is 0 Å². The second-order valence-electron chi connectivity index (χ2n) is 4.89. The Bertz CT molecular complexity index is 800. The van der Waals surface area contributed by atoms with Crippen LogP contribution in [0.5, 0.6) is 0 Å². The minimum absolute atomic E-state index is 0.192. The van der Waals surface area contributed by atoms with Crippen LogP contribution in [0.4, 0.5) is 8.78 Å². The van der Waals surface area contributed by atoms with Crippen LogP contribution < -0.4 is 5.73 Å². The molecule has 0 bridgehead atoms. The SMILES string of the molecule is NC(Cc1ccc(F)c(Br)c1)c1cc2ccc(F)cc2s1. The van der Waals surface area contributed by atoms with Crippen LogP contribution in [0.2, 0.25) is 0 Å². The molecule has 1 heterocycles. The molecule has 0 fully saturated rings. The maximum Gasteiger partial charge on any atom is 0.137 e. The van der Waals surface area contributed by atoms with Crippen LogP contribution in [0.25, 0.3) is 10.1 Å². The molecule has 2 N–H and O–H groups in total. The average Bonchev–Trinajstić information content (AvgIpc) is 2.86. The highest BCUT2D eigenvalue weighted by atomic mass is 79.9. The van der Waals surface area contributed by atoms with Gasteiger partial charge in [0, 0.05) is 15.6 Å². The summed E-state index contributed by atoms with van der Waals surface area (Å²) in [7, 11) is 0. The van der Waals surface area contributed by atoms with Crippen LogP contribution in [0.3, 0.4) is 0 Å². The van der Waals surface area contributed by atoms with Crippen molar-refractivity contribution in [1.82, 2.24) is 0 Å². The second kappa shape index (κ2) is 5.83. The summed E-state index contributed by atoms with van der Waals surface area (Å²) in [5.74, 6) is -0.531. The number of benzene rings is 2. The van der Waals surface area contributed by atoms with E-state index in [1.165, 1.54) is 29.5 Å². The molecule has 1 atom stereocenters. The number of fused-ring (bicyclic) bond motifs is 1. The minimum atomic E-state index is -0.287. The lowest BCUT2D eigenvalue weighted by molar-refractivity contribution is 0.619. The molecule has 0 aliphatic carbocycles. The van der Waals surface area contributed by atoms with Crippen LogP contribution in [0.15, 0.2) is 46.9 Å². The third-order valence-electron chi connectivity index (χ3n) is 3.31. The highest BCUT2D eigenvalue weighted by Gasteiger charge is 2.12. The first kappa shape index (κ1) is 14.6. The molecule has 2 aromatic carbocycles. The standard InChI is InChI=1S/C16H12BrF2NS/c17-12-5-9(1-4-13(12)19)6-14(20)16-7-10-2-3-11(18)8-15(10)21-16/h1-5,7-8,14H,6,20H2. The Morgan fingerprint density at radius 3 is 2.67 bits per heavy atom. The number of rotatable bonds is 3. The third kappa shape index (κ3) is 3.15. The molecule has 5 heteroatoms. The largest absolute Gasteiger partial charge is 0.323 e. The van der Waals surface area contributed by atoms with E-state index in [1.54, 1.807) is 18.2 Å². The van der Waals surface area contributed by atoms with Gasteiger partial charge in [0.25, 0.3) is 0 Å². The van der Waals surface area contributed by atoms with Gasteiger partial charge in [0.1, 0.15) is 11.6 Å². The van der Waals surface area contributed by atoms with Gasteiger partial charge in [-0.3, -0.25) is 0 Å². The van der Waals surface area contributed by atoms with Gasteiger partial charge in [-0.2, -0.15) is 0 Å². The minimum Gasteiger partial charge on any atom is -0.323 e. The zero-order valence-corrected chi connectivity index (χ0v) is 13.3. The molecule has 1 aromatic heterocycles. The lowest BCUT2D eigenvalue weighted by Gasteiger charge is -2.10. The predicted octanol–water partition coefficient (Wildman–Crippen LogP) is 5.18. The fourth-order valence-electron chi connectivity index (χ4n) is 2.23. The maximum absolute atomic E-state index is 13.2. The van der Waals surface area contributed by atoms with E-state index < -0.39 is 0 Å². The molecule has 0 spiro atoms. The molecule has 3 rings (SSSR count). The smallest absolute Gasteiger partial charge is 0.137 e. The topological polar surface area (TPSA) is 26.0 Å². The van der Waals surface area contributed by atoms with Gasteiger partial charge in [-0.1, -0.05) is 12.1 Å². The number of halogens is 3. The Labute approximate surface area is 133 Å². The molecule has 21 heavy (non-hydrogen) atoms. The summed E-state index contributed by atoms with van der Waals surface area (Å²) < 4.78 is 27.8. The normalized spacial score (nSPS) is 12.8. The molecule has 0 saturated carbocycles. The zero-order chi connectivity index (χ0) is 15.0. The van der Waals surface area contributed by atoms with Gasteiger partial charge in [-0.15, -0.1) is 11.3 Å². The van der Waals surface area contributed by atoms with Crippen molar-refractivity contribution in [3.63, 3.8) is 0 Å². The summed E-state index contributed by atoms with van der Waals surface area (Å²) in [6.45, 7) is 0. The summed E-state index contributed by atoms with van der Waals surface area (Å²) in [6.07, 6.45) is 0.605. The van der Waals surface area contributed by atoms with E-state index in [0.717, 1.165) is 20.5 Å². The summed E-state index contributed by atoms with van der Waals surface area (Å²) in [5, 5.41) is 0.993. The Kier molecular flexibility index (Phi) is 4.06. The molecule has 108 valence electrons. The van der Waals surface area contributed by atoms with E-state index in [9.17, 15) is 8.78 Å². The third-order valence-corrected chi connectivity index (χ3v) is 5.14. The van der Waals surface area contributed by atoms with Gasteiger partial charge in [0.2, 0.25) is 0 Å². The Morgan fingerprint density at radius 2 is 1.90 bits per heavy atom. The molecule has 1 unspecified atom stereocenters. The number of hydrogen-bond donors (Lipinski definition) is 1. The lowest BCUT2D eigenvalue weighted by atomic mass is 10.1. The van der Waals surface area contributed by atoms with Gasteiger partial charge in [0.05, 0.1) is 4.47 Å². The van der Waals surface area contributed by atoms with Crippen molar-refractivity contribution >= 4 is 37.4 Å². The van der Waals surface area contributed by atoms with Gasteiger partial charge < -0.3 is 5.73 Å². The van der Waals surface area contributed by atoms with Crippen LogP contribution in [0.1, 0.15) is 16.5 Å². The van der Waals surface area contributed by atoms with E-state index in [4.69, 9.17) is 5.73 Å². The number of hydrogen-bond acceptors (Lipinski definition) is 2. The van der Waals surface area contributed by atoms with Crippen LogP contribution in [-0.2, 0) is 6.42 Å². The zero-order valence-electron chi connectivity index (χ0n) is 10.9. The van der Waals surface area contributed by atoms with Gasteiger partial charge >= 0.3 is 0 Å². The Morgan fingerprint density at radius 1 is 1.10 bits per heavy atom. The Hall–Kier alpha value is -1.30. The van der Waals surface area contributed by atoms with Gasteiger partial charge in [-0.05, 0) is 63.6 Å². The molecular weight excluding hydrogens is 356 g/mol. The van der Waals surface area contributed by atoms with Crippen molar-refractivity contribution in [2.75, 3.05) is 0 Å². The second-order valence-corrected chi connectivity index (χ2v) is 6.86. The van der Waals surface area contributed by atoms with E-state index >= 15 is 0 Å². The van der Waals surface area contributed by atoms with E-state index in [0.29, 0.717) is 10.9 Å².